The molecule has 0 fully saturated rings. The van der Waals surface area contributed by atoms with Gasteiger partial charge in [0.1, 0.15) is 5.75 Å². The summed E-state index contributed by atoms with van der Waals surface area (Å²) in [5, 5.41) is 3.06. The van der Waals surface area contributed by atoms with Crippen molar-refractivity contribution in [3.05, 3.63) is 65.2 Å². The smallest absolute Gasteiger partial charge is 0.224 e. The molecule has 1 amide bonds. The van der Waals surface area contributed by atoms with Crippen molar-refractivity contribution in [1.82, 2.24) is 5.32 Å². The third-order valence-electron chi connectivity index (χ3n) is 3.63. The molecule has 0 heterocycles. The summed E-state index contributed by atoms with van der Waals surface area (Å²) in [5.74, 6) is 0.861. The van der Waals surface area contributed by atoms with Gasteiger partial charge in [-0.1, -0.05) is 36.4 Å². The Labute approximate surface area is 132 Å². The van der Waals surface area contributed by atoms with Crippen LogP contribution in [0.1, 0.15) is 36.6 Å². The normalized spacial score (nSPS) is 11.8. The second-order valence-electron chi connectivity index (χ2n) is 5.40. The Morgan fingerprint density at radius 2 is 1.82 bits per heavy atom. The van der Waals surface area contributed by atoms with Gasteiger partial charge in [-0.15, -0.1) is 0 Å². The first-order valence-corrected chi connectivity index (χ1v) is 7.66. The lowest BCUT2D eigenvalue weighted by molar-refractivity contribution is -0.121. The number of hydrogen-bond donors (Lipinski definition) is 1. The van der Waals surface area contributed by atoms with Crippen LogP contribution in [-0.4, -0.2) is 12.5 Å². The second kappa shape index (κ2) is 7.64. The van der Waals surface area contributed by atoms with Gasteiger partial charge in [0.05, 0.1) is 19.1 Å². The predicted octanol–water partition coefficient (Wildman–Crippen LogP) is 3.81. The van der Waals surface area contributed by atoms with E-state index >= 15 is 0 Å². The van der Waals surface area contributed by atoms with Crippen molar-refractivity contribution in [2.45, 2.75) is 33.2 Å². The topological polar surface area (TPSA) is 38.3 Å². The minimum atomic E-state index is 0.0106. The molecule has 0 radical (unpaired) electrons. The molecule has 0 aliphatic rings. The Balaban J connectivity index is 1.93. The molecule has 22 heavy (non-hydrogen) atoms. The largest absolute Gasteiger partial charge is 0.494 e. The monoisotopic (exact) mass is 297 g/mol. The summed E-state index contributed by atoms with van der Waals surface area (Å²) in [6.45, 7) is 6.67. The molecule has 116 valence electrons. The molecule has 0 saturated carbocycles. The number of hydrogen-bond acceptors (Lipinski definition) is 2. The lowest BCUT2D eigenvalue weighted by Gasteiger charge is -2.16. The van der Waals surface area contributed by atoms with Crippen molar-refractivity contribution in [2.75, 3.05) is 6.61 Å². The van der Waals surface area contributed by atoms with Gasteiger partial charge >= 0.3 is 0 Å². The Hall–Kier alpha value is -2.29. The number of ether oxygens (including phenoxy) is 1. The third kappa shape index (κ3) is 4.35. The van der Waals surface area contributed by atoms with Gasteiger partial charge in [-0.2, -0.15) is 0 Å². The number of amides is 1. The number of benzene rings is 2. The van der Waals surface area contributed by atoms with E-state index in [2.05, 4.69) is 24.4 Å². The molecule has 0 spiro atoms. The quantitative estimate of drug-likeness (QED) is 0.880. The number of carbonyl (C=O) groups excluding carboxylic acids is 1. The maximum Gasteiger partial charge on any atom is 0.224 e. The van der Waals surface area contributed by atoms with Crippen molar-refractivity contribution < 1.29 is 9.53 Å². The molecule has 0 saturated heterocycles. The van der Waals surface area contributed by atoms with Crippen LogP contribution in [0.15, 0.2) is 48.5 Å². The highest BCUT2D eigenvalue weighted by molar-refractivity contribution is 5.79. The lowest BCUT2D eigenvalue weighted by atomic mass is 10.0. The van der Waals surface area contributed by atoms with Crippen LogP contribution in [-0.2, 0) is 11.2 Å². The maximum atomic E-state index is 12.2. The molecule has 1 unspecified atom stereocenters. The fourth-order valence-electron chi connectivity index (χ4n) is 2.50. The first kappa shape index (κ1) is 16.1. The summed E-state index contributed by atoms with van der Waals surface area (Å²) in [6, 6.07) is 15.8. The van der Waals surface area contributed by atoms with Gasteiger partial charge in [-0.05, 0) is 49.6 Å². The Morgan fingerprint density at radius 3 is 2.45 bits per heavy atom. The van der Waals surface area contributed by atoms with E-state index < -0.39 is 0 Å². The van der Waals surface area contributed by atoms with E-state index in [0.717, 1.165) is 16.9 Å². The molecule has 0 aromatic heterocycles. The van der Waals surface area contributed by atoms with Crippen molar-refractivity contribution in [3.63, 3.8) is 0 Å². The second-order valence-corrected chi connectivity index (χ2v) is 5.40. The molecule has 0 bridgehead atoms. The molecule has 0 aliphatic carbocycles. The first-order chi connectivity index (χ1) is 10.6. The van der Waals surface area contributed by atoms with E-state index in [1.54, 1.807) is 0 Å². The highest BCUT2D eigenvalue weighted by atomic mass is 16.5. The fraction of sp³-hybridized carbons (Fsp3) is 0.316. The van der Waals surface area contributed by atoms with Crippen molar-refractivity contribution in [2.24, 2.45) is 0 Å². The number of carbonyl (C=O) groups is 1. The minimum Gasteiger partial charge on any atom is -0.494 e. The molecule has 2 aromatic carbocycles. The SMILES string of the molecule is CCOc1ccc(CC(=O)NC(C)c2ccccc2C)cc1. The van der Waals surface area contributed by atoms with Gasteiger partial charge < -0.3 is 10.1 Å². The molecule has 1 N–H and O–H groups in total. The average molecular weight is 297 g/mol. The van der Waals surface area contributed by atoms with Crippen LogP contribution in [0.2, 0.25) is 0 Å². The van der Waals surface area contributed by atoms with Crippen molar-refractivity contribution in [1.29, 1.82) is 0 Å². The highest BCUT2D eigenvalue weighted by Crippen LogP contribution is 2.17. The van der Waals surface area contributed by atoms with Crippen LogP contribution in [0.5, 0.6) is 5.75 Å². The Bertz CT molecular complexity index is 620. The van der Waals surface area contributed by atoms with Gasteiger partial charge in [-0.25, -0.2) is 0 Å². The summed E-state index contributed by atoms with van der Waals surface area (Å²) >= 11 is 0. The van der Waals surface area contributed by atoms with Gasteiger partial charge in [0.2, 0.25) is 5.91 Å². The van der Waals surface area contributed by atoms with Crippen LogP contribution >= 0.6 is 0 Å². The molecule has 0 aliphatic heterocycles. The third-order valence-corrected chi connectivity index (χ3v) is 3.63. The van der Waals surface area contributed by atoms with Gasteiger partial charge in [0, 0.05) is 0 Å². The predicted molar refractivity (Wildman–Crippen MR) is 89.1 cm³/mol. The number of rotatable bonds is 6. The van der Waals surface area contributed by atoms with E-state index in [9.17, 15) is 4.79 Å². The molecular formula is C19H23NO2. The van der Waals surface area contributed by atoms with Gasteiger partial charge in [-0.3, -0.25) is 4.79 Å². The summed E-state index contributed by atoms with van der Waals surface area (Å²) in [4.78, 5) is 12.2. The summed E-state index contributed by atoms with van der Waals surface area (Å²) in [6.07, 6.45) is 0.378. The highest BCUT2D eigenvalue weighted by Gasteiger charge is 2.11. The van der Waals surface area contributed by atoms with E-state index in [1.165, 1.54) is 5.56 Å². The average Bonchev–Trinajstić information content (AvgIpc) is 2.50. The zero-order valence-corrected chi connectivity index (χ0v) is 13.4. The molecule has 3 heteroatoms. The van der Waals surface area contributed by atoms with E-state index in [4.69, 9.17) is 4.74 Å². The lowest BCUT2D eigenvalue weighted by Crippen LogP contribution is -2.28. The molecule has 2 rings (SSSR count). The molecule has 3 nitrogen and oxygen atoms in total. The molecule has 1 atom stereocenters. The minimum absolute atomic E-state index is 0.0106. The van der Waals surface area contributed by atoms with Crippen LogP contribution in [0.3, 0.4) is 0 Å². The number of aryl methyl sites for hydroxylation is 1. The zero-order chi connectivity index (χ0) is 15.9. The summed E-state index contributed by atoms with van der Waals surface area (Å²) in [5.41, 5.74) is 3.33. The van der Waals surface area contributed by atoms with Gasteiger partial charge in [0.15, 0.2) is 0 Å². The van der Waals surface area contributed by atoms with Crippen LogP contribution in [0, 0.1) is 6.92 Å². The van der Waals surface area contributed by atoms with E-state index in [1.807, 2.05) is 50.2 Å². The van der Waals surface area contributed by atoms with Crippen LogP contribution in [0.25, 0.3) is 0 Å². The molecule has 2 aromatic rings. The van der Waals surface area contributed by atoms with Crippen LogP contribution < -0.4 is 10.1 Å². The maximum absolute atomic E-state index is 12.2. The Kier molecular flexibility index (Phi) is 5.59. The van der Waals surface area contributed by atoms with Crippen molar-refractivity contribution >= 4 is 5.91 Å². The first-order valence-electron chi connectivity index (χ1n) is 7.66. The fourth-order valence-corrected chi connectivity index (χ4v) is 2.50. The molecular weight excluding hydrogens is 274 g/mol. The summed E-state index contributed by atoms with van der Waals surface area (Å²) < 4.78 is 5.40. The van der Waals surface area contributed by atoms with Crippen LogP contribution in [0.4, 0.5) is 0 Å². The van der Waals surface area contributed by atoms with Gasteiger partial charge in [0.25, 0.3) is 0 Å². The summed E-state index contributed by atoms with van der Waals surface area (Å²) in [7, 11) is 0. The van der Waals surface area contributed by atoms with Crippen molar-refractivity contribution in [3.8, 4) is 5.75 Å². The van der Waals surface area contributed by atoms with E-state index in [-0.39, 0.29) is 11.9 Å². The number of nitrogens with one attached hydrogen (secondary N) is 1. The van der Waals surface area contributed by atoms with E-state index in [0.29, 0.717) is 13.0 Å². The Morgan fingerprint density at radius 1 is 1.14 bits per heavy atom. The zero-order valence-electron chi connectivity index (χ0n) is 13.4. The standard InChI is InChI=1S/C19H23NO2/c1-4-22-17-11-9-16(10-12-17)13-19(21)20-15(3)18-8-6-5-7-14(18)2/h5-12,15H,4,13H2,1-3H3,(H,20,21).